The lowest BCUT2D eigenvalue weighted by Gasteiger charge is -2.15. The lowest BCUT2D eigenvalue weighted by Crippen LogP contribution is -2.33. The van der Waals surface area contributed by atoms with E-state index in [0.717, 1.165) is 5.56 Å². The van der Waals surface area contributed by atoms with Gasteiger partial charge in [-0.3, -0.25) is 9.59 Å². The molecular weight excluding hydrogens is 354 g/mol. The van der Waals surface area contributed by atoms with Gasteiger partial charge >= 0.3 is 0 Å². The number of likely N-dealkylation sites (N-methyl/N-ethyl adjacent to an activating group) is 1. The molecule has 3 rings (SSSR count). The number of hydrogen-bond donors (Lipinski definition) is 1. The topological polar surface area (TPSA) is 63.6 Å². The third kappa shape index (κ3) is 4.63. The maximum Gasteiger partial charge on any atom is 0.246 e. The van der Waals surface area contributed by atoms with Crippen LogP contribution >= 0.6 is 0 Å². The van der Waals surface area contributed by atoms with E-state index in [2.05, 4.69) is 29.8 Å². The number of methoxy groups -OCH3 is 1. The predicted molar refractivity (Wildman–Crippen MR) is 110 cm³/mol. The molecule has 28 heavy (non-hydrogen) atoms. The number of benzene rings is 1. The number of aromatic nitrogens is 1. The second-order valence-electron chi connectivity index (χ2n) is 7.24. The highest BCUT2D eigenvalue weighted by Crippen LogP contribution is 2.38. The van der Waals surface area contributed by atoms with Gasteiger partial charge in [0.1, 0.15) is 5.75 Å². The molecule has 0 bridgehead atoms. The van der Waals surface area contributed by atoms with Crippen molar-refractivity contribution in [3.05, 3.63) is 53.4 Å². The largest absolute Gasteiger partial charge is 0.497 e. The Bertz CT molecular complexity index is 910. The van der Waals surface area contributed by atoms with E-state index in [0.29, 0.717) is 17.5 Å². The minimum Gasteiger partial charge on any atom is -0.497 e. The number of aryl methyl sites for hydroxylation is 1. The van der Waals surface area contributed by atoms with Gasteiger partial charge in [-0.25, -0.2) is 0 Å². The number of amides is 2. The first kappa shape index (κ1) is 19.7. The molecule has 0 aliphatic heterocycles. The van der Waals surface area contributed by atoms with Crippen molar-refractivity contribution in [1.29, 1.82) is 0 Å². The molecule has 1 aliphatic rings. The minimum absolute atomic E-state index is 0.0263. The summed E-state index contributed by atoms with van der Waals surface area (Å²) in [7, 11) is 3.19. The van der Waals surface area contributed by atoms with Gasteiger partial charge in [0.05, 0.1) is 13.7 Å². The van der Waals surface area contributed by atoms with Crippen molar-refractivity contribution in [2.45, 2.75) is 32.7 Å². The fourth-order valence-electron chi connectivity index (χ4n) is 3.35. The number of rotatable bonds is 7. The summed E-state index contributed by atoms with van der Waals surface area (Å²) in [6, 6.07) is 9.82. The second-order valence-corrected chi connectivity index (χ2v) is 7.24. The van der Waals surface area contributed by atoms with Crippen molar-refractivity contribution >= 4 is 23.6 Å². The Morgan fingerprint density at radius 2 is 2.04 bits per heavy atom. The number of carbonyl (C=O) groups excluding carboxylic acids is 2. The molecule has 0 spiro atoms. The maximum atomic E-state index is 12.4. The molecule has 148 valence electrons. The Morgan fingerprint density at radius 1 is 1.29 bits per heavy atom. The fraction of sp³-hybridized carbons (Fsp3) is 0.364. The van der Waals surface area contributed by atoms with Gasteiger partial charge in [-0.05, 0) is 56.5 Å². The standard InChI is InChI=1S/C22H27N3O3/c1-15-12-17(16(2)25(15)19-9-10-19)8-11-22(27)24(3)14-21(26)23-18-6-5-7-20(13-18)28-4/h5-8,11-13,19H,9-10,14H2,1-4H3,(H,23,26)/b11-8+. The zero-order valence-electron chi connectivity index (χ0n) is 16.9. The van der Waals surface area contributed by atoms with E-state index in [-0.39, 0.29) is 18.4 Å². The summed E-state index contributed by atoms with van der Waals surface area (Å²) in [6.07, 6.45) is 5.81. The molecule has 1 saturated carbocycles. The summed E-state index contributed by atoms with van der Waals surface area (Å²) in [5, 5.41) is 2.78. The van der Waals surface area contributed by atoms with E-state index < -0.39 is 0 Å². The molecule has 2 amide bonds. The Hall–Kier alpha value is -3.02. The van der Waals surface area contributed by atoms with E-state index >= 15 is 0 Å². The molecule has 1 fully saturated rings. The van der Waals surface area contributed by atoms with Crippen LogP contribution in [0.5, 0.6) is 5.75 Å². The zero-order chi connectivity index (χ0) is 20.3. The first-order chi connectivity index (χ1) is 13.4. The molecule has 0 unspecified atom stereocenters. The molecule has 1 heterocycles. The number of hydrogen-bond acceptors (Lipinski definition) is 3. The predicted octanol–water partition coefficient (Wildman–Crippen LogP) is 3.56. The van der Waals surface area contributed by atoms with Crippen molar-refractivity contribution in [2.75, 3.05) is 26.0 Å². The normalized spacial score (nSPS) is 13.6. The number of nitrogens with one attached hydrogen (secondary N) is 1. The van der Waals surface area contributed by atoms with Crippen LogP contribution < -0.4 is 10.1 Å². The van der Waals surface area contributed by atoms with Gasteiger partial charge in [-0.1, -0.05) is 6.07 Å². The summed E-state index contributed by atoms with van der Waals surface area (Å²) < 4.78 is 7.48. The molecule has 1 aromatic carbocycles. The Kier molecular flexibility index (Phi) is 5.87. The average molecular weight is 381 g/mol. The average Bonchev–Trinajstić information content (AvgIpc) is 3.45. The smallest absolute Gasteiger partial charge is 0.246 e. The Balaban J connectivity index is 1.57. The number of anilines is 1. The molecule has 1 N–H and O–H groups in total. The molecule has 0 atom stereocenters. The molecule has 6 nitrogen and oxygen atoms in total. The van der Waals surface area contributed by atoms with Crippen LogP contribution in [0.15, 0.2) is 36.4 Å². The van der Waals surface area contributed by atoms with Gasteiger partial charge in [0, 0.05) is 42.3 Å². The van der Waals surface area contributed by atoms with Gasteiger partial charge in [-0.2, -0.15) is 0 Å². The number of carbonyl (C=O) groups is 2. The summed E-state index contributed by atoms with van der Waals surface area (Å²) in [6.45, 7) is 4.15. The van der Waals surface area contributed by atoms with Crippen LogP contribution in [0.4, 0.5) is 5.69 Å². The van der Waals surface area contributed by atoms with E-state index in [1.165, 1.54) is 35.2 Å². The Morgan fingerprint density at radius 3 is 2.71 bits per heavy atom. The van der Waals surface area contributed by atoms with Crippen LogP contribution in [-0.4, -0.2) is 42.0 Å². The lowest BCUT2D eigenvalue weighted by atomic mass is 10.2. The molecule has 0 saturated heterocycles. The Labute approximate surface area is 165 Å². The second kappa shape index (κ2) is 8.33. The van der Waals surface area contributed by atoms with Crippen LogP contribution in [0.3, 0.4) is 0 Å². The highest BCUT2D eigenvalue weighted by molar-refractivity contribution is 5.98. The van der Waals surface area contributed by atoms with Crippen LogP contribution in [0.1, 0.15) is 35.8 Å². The van der Waals surface area contributed by atoms with Crippen LogP contribution in [0.25, 0.3) is 6.08 Å². The first-order valence-corrected chi connectivity index (χ1v) is 9.44. The van der Waals surface area contributed by atoms with Gasteiger partial charge in [0.25, 0.3) is 0 Å². The number of ether oxygens (including phenoxy) is 1. The quantitative estimate of drug-likeness (QED) is 0.746. The van der Waals surface area contributed by atoms with Gasteiger partial charge in [-0.15, -0.1) is 0 Å². The molecular formula is C22H27N3O3. The van der Waals surface area contributed by atoms with Crippen molar-refractivity contribution in [1.82, 2.24) is 9.47 Å². The maximum absolute atomic E-state index is 12.4. The van der Waals surface area contributed by atoms with Gasteiger partial charge < -0.3 is 19.5 Å². The molecule has 1 aliphatic carbocycles. The van der Waals surface area contributed by atoms with E-state index in [1.807, 2.05) is 6.08 Å². The van der Waals surface area contributed by atoms with Crippen LogP contribution in [0, 0.1) is 13.8 Å². The summed E-state index contributed by atoms with van der Waals surface area (Å²) in [4.78, 5) is 26.0. The molecule has 0 radical (unpaired) electrons. The lowest BCUT2D eigenvalue weighted by molar-refractivity contribution is -0.129. The van der Waals surface area contributed by atoms with Crippen molar-refractivity contribution in [2.24, 2.45) is 0 Å². The van der Waals surface area contributed by atoms with Crippen molar-refractivity contribution in [3.63, 3.8) is 0 Å². The fourth-order valence-corrected chi connectivity index (χ4v) is 3.35. The van der Waals surface area contributed by atoms with Crippen LogP contribution in [0.2, 0.25) is 0 Å². The summed E-state index contributed by atoms with van der Waals surface area (Å²) >= 11 is 0. The first-order valence-electron chi connectivity index (χ1n) is 9.44. The zero-order valence-corrected chi connectivity index (χ0v) is 16.9. The molecule has 1 aromatic heterocycles. The minimum atomic E-state index is -0.260. The van der Waals surface area contributed by atoms with E-state index in [4.69, 9.17) is 4.74 Å². The SMILES string of the molecule is COc1cccc(NC(=O)CN(C)C(=O)/C=C/c2cc(C)n(C3CC3)c2C)c1. The van der Waals surface area contributed by atoms with Gasteiger partial charge in [0.15, 0.2) is 0 Å². The monoisotopic (exact) mass is 381 g/mol. The molecule has 6 heteroatoms. The number of nitrogens with zero attached hydrogens (tertiary/aromatic N) is 2. The summed E-state index contributed by atoms with van der Waals surface area (Å²) in [5.41, 5.74) is 4.08. The summed E-state index contributed by atoms with van der Waals surface area (Å²) in [5.74, 6) is 0.190. The van der Waals surface area contributed by atoms with E-state index in [9.17, 15) is 9.59 Å². The third-order valence-corrected chi connectivity index (χ3v) is 4.95. The third-order valence-electron chi connectivity index (χ3n) is 4.95. The highest BCUT2D eigenvalue weighted by atomic mass is 16.5. The van der Waals surface area contributed by atoms with Crippen LogP contribution in [-0.2, 0) is 9.59 Å². The van der Waals surface area contributed by atoms with Crippen molar-refractivity contribution in [3.8, 4) is 5.75 Å². The molecule has 2 aromatic rings. The van der Waals surface area contributed by atoms with Crippen molar-refractivity contribution < 1.29 is 14.3 Å². The van der Waals surface area contributed by atoms with E-state index in [1.54, 1.807) is 38.4 Å². The van der Waals surface area contributed by atoms with Gasteiger partial charge in [0.2, 0.25) is 11.8 Å². The highest BCUT2D eigenvalue weighted by Gasteiger charge is 2.26.